The van der Waals surface area contributed by atoms with Crippen molar-refractivity contribution < 1.29 is 13.2 Å². The Balaban J connectivity index is 1.38. The molecule has 0 fully saturated rings. The first-order valence-corrected chi connectivity index (χ1v) is 14.7. The molecule has 0 aliphatic heterocycles. The van der Waals surface area contributed by atoms with Gasteiger partial charge in [0.25, 0.3) is 0 Å². The minimum Gasteiger partial charge on any atom is -0.490 e. The van der Waals surface area contributed by atoms with Crippen LogP contribution in [-0.4, -0.2) is 25.7 Å². The number of aromatic nitrogens is 1. The van der Waals surface area contributed by atoms with E-state index >= 15 is 0 Å². The number of fused-ring (bicyclic) bond motifs is 1. The first-order valence-electron chi connectivity index (χ1n) is 12.3. The average Bonchev–Trinajstić information content (AvgIpc) is 3.52. The maximum atomic E-state index is 12.9. The van der Waals surface area contributed by atoms with Crippen LogP contribution < -0.4 is 9.46 Å². The molecule has 37 heavy (non-hydrogen) atoms. The van der Waals surface area contributed by atoms with Crippen LogP contribution >= 0.6 is 11.3 Å². The Labute approximate surface area is 221 Å². The smallest absolute Gasteiger partial charge is 0.216 e. The summed E-state index contributed by atoms with van der Waals surface area (Å²) >= 11 is 1.59. The summed E-state index contributed by atoms with van der Waals surface area (Å²) in [5.74, 6) is 0.656. The third-order valence-corrected chi connectivity index (χ3v) is 8.77. The van der Waals surface area contributed by atoms with E-state index in [0.29, 0.717) is 11.3 Å². The molecule has 1 heterocycles. The molecule has 4 aromatic rings. The first-order chi connectivity index (χ1) is 17.8. The summed E-state index contributed by atoms with van der Waals surface area (Å²) < 4.78 is 34.5. The van der Waals surface area contributed by atoms with Crippen molar-refractivity contribution in [2.24, 2.45) is 0 Å². The van der Waals surface area contributed by atoms with Crippen LogP contribution in [-0.2, 0) is 22.2 Å². The number of hydrogen-bond acceptors (Lipinski definition) is 6. The molecule has 3 aromatic carbocycles. The fourth-order valence-corrected chi connectivity index (χ4v) is 7.11. The lowest BCUT2D eigenvalue weighted by molar-refractivity contribution is 0.242. The Kier molecular flexibility index (Phi) is 7.24. The van der Waals surface area contributed by atoms with E-state index in [2.05, 4.69) is 15.8 Å². The van der Waals surface area contributed by atoms with Crippen molar-refractivity contribution in [3.8, 4) is 26.8 Å². The third kappa shape index (κ3) is 5.66. The van der Waals surface area contributed by atoms with Crippen LogP contribution in [0.3, 0.4) is 0 Å². The molecule has 2 N–H and O–H groups in total. The Bertz CT molecular complexity index is 1530. The van der Waals surface area contributed by atoms with Gasteiger partial charge in [0.15, 0.2) is 0 Å². The molecule has 1 aliphatic rings. The van der Waals surface area contributed by atoms with E-state index in [0.717, 1.165) is 45.0 Å². The predicted molar refractivity (Wildman–Crippen MR) is 150 cm³/mol. The van der Waals surface area contributed by atoms with Gasteiger partial charge in [0.05, 0.1) is 16.7 Å². The first kappa shape index (κ1) is 25.3. The van der Waals surface area contributed by atoms with E-state index in [1.54, 1.807) is 11.3 Å². The quantitative estimate of drug-likeness (QED) is 0.246. The predicted octanol–water partition coefficient (Wildman–Crippen LogP) is 6.37. The van der Waals surface area contributed by atoms with Gasteiger partial charge in [0, 0.05) is 29.6 Å². The van der Waals surface area contributed by atoms with Crippen LogP contribution in [0.15, 0.2) is 72.9 Å². The number of thiazole rings is 1. The molecule has 5 rings (SSSR count). The van der Waals surface area contributed by atoms with Crippen molar-refractivity contribution in [1.82, 2.24) is 9.71 Å². The molecule has 0 spiro atoms. The summed E-state index contributed by atoms with van der Waals surface area (Å²) in [5.41, 5.74) is 5.72. The maximum Gasteiger partial charge on any atom is 0.216 e. The molecule has 0 saturated carbocycles. The molecule has 0 radical (unpaired) electrons. The lowest BCUT2D eigenvalue weighted by atomic mass is 10.0. The van der Waals surface area contributed by atoms with Gasteiger partial charge in [-0.25, -0.2) is 18.1 Å². The van der Waals surface area contributed by atoms with Crippen molar-refractivity contribution >= 4 is 27.6 Å². The Morgan fingerprint density at radius 2 is 1.95 bits per heavy atom. The summed E-state index contributed by atoms with van der Waals surface area (Å²) in [4.78, 5) is 5.71. The summed E-state index contributed by atoms with van der Waals surface area (Å²) in [5, 5.41) is 8.65. The van der Waals surface area contributed by atoms with E-state index in [9.17, 15) is 8.42 Å². The van der Waals surface area contributed by atoms with Crippen LogP contribution in [0.2, 0.25) is 0 Å². The molecule has 8 heteroatoms. The van der Waals surface area contributed by atoms with E-state index in [-0.39, 0.29) is 17.9 Å². The second-order valence-corrected chi connectivity index (χ2v) is 12.2. The number of nitrogens with one attached hydrogen (secondary N) is 2. The minimum atomic E-state index is -3.48. The molecule has 6 nitrogen and oxygen atoms in total. The second-order valence-electron chi connectivity index (χ2n) is 9.42. The van der Waals surface area contributed by atoms with Crippen molar-refractivity contribution in [3.05, 3.63) is 95.2 Å². The van der Waals surface area contributed by atoms with E-state index in [4.69, 9.17) is 10.1 Å². The molecule has 0 amide bonds. The molecule has 0 saturated heterocycles. The zero-order valence-corrected chi connectivity index (χ0v) is 22.4. The maximum absolute atomic E-state index is 12.9. The lowest BCUT2D eigenvalue weighted by Gasteiger charge is -2.15. The van der Waals surface area contributed by atoms with Gasteiger partial charge in [-0.15, -0.1) is 11.3 Å². The highest BCUT2D eigenvalue weighted by Gasteiger charge is 2.29. The Hall–Kier alpha value is -3.33. The summed E-state index contributed by atoms with van der Waals surface area (Å²) in [6, 6.07) is 20.9. The van der Waals surface area contributed by atoms with Gasteiger partial charge in [-0.1, -0.05) is 48.5 Å². The van der Waals surface area contributed by atoms with E-state index in [1.807, 2.05) is 80.7 Å². The van der Waals surface area contributed by atoms with Gasteiger partial charge in [0.1, 0.15) is 10.8 Å². The fourth-order valence-electron chi connectivity index (χ4n) is 4.75. The van der Waals surface area contributed by atoms with Crippen molar-refractivity contribution in [1.29, 1.82) is 5.41 Å². The number of nitrogens with zero attached hydrogens (tertiary/aromatic N) is 1. The highest BCUT2D eigenvalue weighted by molar-refractivity contribution is 7.88. The van der Waals surface area contributed by atoms with Crippen LogP contribution in [0.25, 0.3) is 21.0 Å². The van der Waals surface area contributed by atoms with Crippen LogP contribution in [0.5, 0.6) is 5.75 Å². The molecular weight excluding hydrogens is 502 g/mol. The van der Waals surface area contributed by atoms with Gasteiger partial charge in [0.2, 0.25) is 10.0 Å². The van der Waals surface area contributed by atoms with E-state index < -0.39 is 10.0 Å². The number of rotatable bonds is 9. The van der Waals surface area contributed by atoms with Gasteiger partial charge in [-0.05, 0) is 67.1 Å². The SMILES string of the molecule is CC(C)Oc1ccc(-c2ncc(-c3cccc4c3CC[C@@H]4NS(=O)(=O)Cc3ccccc3)s2)cc1C=N. The molecule has 1 aliphatic carbocycles. The van der Waals surface area contributed by atoms with Gasteiger partial charge < -0.3 is 10.1 Å². The van der Waals surface area contributed by atoms with Crippen LogP contribution in [0.1, 0.15) is 48.6 Å². The fraction of sp³-hybridized carbons (Fsp3) is 0.241. The highest BCUT2D eigenvalue weighted by atomic mass is 32.2. The van der Waals surface area contributed by atoms with Crippen molar-refractivity contribution in [3.63, 3.8) is 0 Å². The Morgan fingerprint density at radius 1 is 1.14 bits per heavy atom. The topological polar surface area (TPSA) is 92.1 Å². The largest absolute Gasteiger partial charge is 0.490 e. The standard InChI is InChI=1S/C29H29N3O3S2/c1-19(2)35-27-14-11-21(15-22(27)16-30)29-31-17-28(36-29)25-10-6-9-24-23(25)12-13-26(24)32-37(33,34)18-20-7-4-3-5-8-20/h3-11,14-17,19,26,30,32H,12-13,18H2,1-2H3/t26-/m0/s1. The molecule has 0 bridgehead atoms. The van der Waals surface area contributed by atoms with Crippen molar-refractivity contribution in [2.75, 3.05) is 0 Å². The molecular formula is C29H29N3O3S2. The summed E-state index contributed by atoms with van der Waals surface area (Å²) in [7, 11) is -3.48. The van der Waals surface area contributed by atoms with Gasteiger partial charge in [-0.3, -0.25) is 0 Å². The summed E-state index contributed by atoms with van der Waals surface area (Å²) in [6.07, 6.45) is 4.75. The monoisotopic (exact) mass is 531 g/mol. The normalized spacial score (nSPS) is 15.1. The molecule has 190 valence electrons. The van der Waals surface area contributed by atoms with Gasteiger partial charge >= 0.3 is 0 Å². The highest BCUT2D eigenvalue weighted by Crippen LogP contribution is 2.41. The molecule has 0 unspecified atom stereocenters. The summed E-state index contributed by atoms with van der Waals surface area (Å²) in [6.45, 7) is 3.93. The molecule has 1 aromatic heterocycles. The second kappa shape index (κ2) is 10.6. The van der Waals surface area contributed by atoms with Gasteiger partial charge in [-0.2, -0.15) is 0 Å². The Morgan fingerprint density at radius 3 is 2.70 bits per heavy atom. The van der Waals surface area contributed by atoms with E-state index in [1.165, 1.54) is 11.8 Å². The minimum absolute atomic E-state index is 0.0304. The lowest BCUT2D eigenvalue weighted by Crippen LogP contribution is -2.28. The van der Waals surface area contributed by atoms with Crippen LogP contribution in [0, 0.1) is 5.41 Å². The number of hydrogen-bond donors (Lipinski definition) is 2. The third-order valence-electron chi connectivity index (χ3n) is 6.34. The zero-order chi connectivity index (χ0) is 26.0. The van der Waals surface area contributed by atoms with Crippen LogP contribution in [0.4, 0.5) is 0 Å². The number of ether oxygens (including phenoxy) is 1. The number of benzene rings is 3. The van der Waals surface area contributed by atoms with Crippen molar-refractivity contribution in [2.45, 2.75) is 44.6 Å². The average molecular weight is 532 g/mol. The molecule has 1 atom stereocenters. The zero-order valence-electron chi connectivity index (χ0n) is 20.8. The number of sulfonamides is 1.